The van der Waals surface area contributed by atoms with Crippen LogP contribution in [0, 0.1) is 5.92 Å². The molecular formula is C21H20O4. The van der Waals surface area contributed by atoms with Gasteiger partial charge in [0.2, 0.25) is 0 Å². The molecule has 4 rings (SSSR count). The van der Waals surface area contributed by atoms with Crippen molar-refractivity contribution >= 4 is 5.97 Å². The molecule has 0 bridgehead atoms. The van der Waals surface area contributed by atoms with Crippen molar-refractivity contribution in [3.8, 4) is 11.5 Å². The van der Waals surface area contributed by atoms with Gasteiger partial charge in [-0.3, -0.25) is 0 Å². The second-order valence-electron chi connectivity index (χ2n) is 6.56. The molecule has 0 aromatic heterocycles. The minimum Gasteiger partial charge on any atom is -0.456 e. The Kier molecular flexibility index (Phi) is 3.85. The number of rotatable bonds is 3. The molecule has 1 unspecified atom stereocenters. The van der Waals surface area contributed by atoms with Gasteiger partial charge in [-0.15, -0.1) is 0 Å². The second-order valence-corrected chi connectivity index (χ2v) is 6.56. The van der Waals surface area contributed by atoms with Crippen molar-refractivity contribution in [1.29, 1.82) is 0 Å². The lowest BCUT2D eigenvalue weighted by Gasteiger charge is -2.43. The van der Waals surface area contributed by atoms with Crippen LogP contribution in [0.4, 0.5) is 0 Å². The van der Waals surface area contributed by atoms with Crippen molar-refractivity contribution in [3.05, 3.63) is 71.8 Å². The van der Waals surface area contributed by atoms with E-state index >= 15 is 0 Å². The van der Waals surface area contributed by atoms with E-state index < -0.39 is 11.6 Å². The Hall–Kier alpha value is -2.59. The smallest absolute Gasteiger partial charge is 0.334 e. The Morgan fingerprint density at radius 3 is 2.24 bits per heavy atom. The van der Waals surface area contributed by atoms with Gasteiger partial charge in [-0.1, -0.05) is 43.0 Å². The zero-order valence-corrected chi connectivity index (χ0v) is 14.2. The first kappa shape index (κ1) is 15.9. The van der Waals surface area contributed by atoms with Crippen LogP contribution in [-0.2, 0) is 19.9 Å². The molecule has 4 nitrogen and oxygen atoms in total. The van der Waals surface area contributed by atoms with Crippen molar-refractivity contribution in [2.24, 2.45) is 5.92 Å². The van der Waals surface area contributed by atoms with E-state index in [9.17, 15) is 4.79 Å². The molecule has 0 saturated carbocycles. The lowest BCUT2D eigenvalue weighted by atomic mass is 9.73. The van der Waals surface area contributed by atoms with Gasteiger partial charge in [0.05, 0.1) is 6.61 Å². The standard InChI is InChI=1S/C21H20O4/c1-14(2)20(22)25-21(15-11-12-23-13-15)16-7-3-5-9-18(16)24-19-10-6-4-8-17(19)21/h3-10,15H,1,11-13H2,2H3. The monoisotopic (exact) mass is 336 g/mol. The average Bonchev–Trinajstić information content (AvgIpc) is 3.16. The lowest BCUT2D eigenvalue weighted by molar-refractivity contribution is -0.158. The molecule has 25 heavy (non-hydrogen) atoms. The fourth-order valence-electron chi connectivity index (χ4n) is 3.71. The van der Waals surface area contributed by atoms with Crippen LogP contribution in [0.2, 0.25) is 0 Å². The van der Waals surface area contributed by atoms with E-state index in [-0.39, 0.29) is 5.92 Å². The highest BCUT2D eigenvalue weighted by molar-refractivity contribution is 5.88. The maximum atomic E-state index is 12.6. The summed E-state index contributed by atoms with van der Waals surface area (Å²) < 4.78 is 17.9. The molecular weight excluding hydrogens is 316 g/mol. The van der Waals surface area contributed by atoms with Crippen LogP contribution in [0.25, 0.3) is 0 Å². The molecule has 128 valence electrons. The van der Waals surface area contributed by atoms with Gasteiger partial charge >= 0.3 is 5.97 Å². The highest BCUT2D eigenvalue weighted by atomic mass is 16.6. The molecule has 1 fully saturated rings. The largest absolute Gasteiger partial charge is 0.456 e. The van der Waals surface area contributed by atoms with Crippen LogP contribution in [0.15, 0.2) is 60.7 Å². The number of hydrogen-bond acceptors (Lipinski definition) is 4. The van der Waals surface area contributed by atoms with Gasteiger partial charge in [0, 0.05) is 29.2 Å². The summed E-state index contributed by atoms with van der Waals surface area (Å²) in [5.41, 5.74) is 1.16. The lowest BCUT2D eigenvalue weighted by Crippen LogP contribution is -2.43. The summed E-state index contributed by atoms with van der Waals surface area (Å²) in [5.74, 6) is 1.03. The van der Waals surface area contributed by atoms with Gasteiger partial charge in [0.25, 0.3) is 0 Å². The first-order valence-corrected chi connectivity index (χ1v) is 8.46. The van der Waals surface area contributed by atoms with Crippen LogP contribution in [0.1, 0.15) is 24.5 Å². The van der Waals surface area contributed by atoms with E-state index in [0.29, 0.717) is 30.3 Å². The quantitative estimate of drug-likeness (QED) is 0.623. The summed E-state index contributed by atoms with van der Waals surface area (Å²) in [4.78, 5) is 12.6. The summed E-state index contributed by atoms with van der Waals surface area (Å²) in [6.45, 7) is 6.61. The Labute approximate surface area is 147 Å². The Balaban J connectivity index is 1.98. The van der Waals surface area contributed by atoms with E-state index in [1.54, 1.807) is 6.92 Å². The maximum absolute atomic E-state index is 12.6. The van der Waals surface area contributed by atoms with Gasteiger partial charge in [-0.25, -0.2) is 4.79 Å². The normalized spacial score (nSPS) is 20.1. The molecule has 1 saturated heterocycles. The number of carbonyl (C=O) groups excluding carboxylic acids is 1. The third-order valence-electron chi connectivity index (χ3n) is 4.90. The summed E-state index contributed by atoms with van der Waals surface area (Å²) in [6.07, 6.45) is 0.812. The average molecular weight is 336 g/mol. The van der Waals surface area contributed by atoms with E-state index in [4.69, 9.17) is 14.2 Å². The van der Waals surface area contributed by atoms with Crippen molar-refractivity contribution in [2.45, 2.75) is 18.9 Å². The highest BCUT2D eigenvalue weighted by Crippen LogP contribution is 2.54. The molecule has 2 aliphatic heterocycles. The number of carbonyl (C=O) groups is 1. The van der Waals surface area contributed by atoms with E-state index in [1.807, 2.05) is 48.5 Å². The maximum Gasteiger partial charge on any atom is 0.334 e. The number of esters is 1. The number of benzene rings is 2. The summed E-state index contributed by atoms with van der Waals surface area (Å²) in [5, 5.41) is 0. The number of hydrogen-bond donors (Lipinski definition) is 0. The van der Waals surface area contributed by atoms with Crippen LogP contribution < -0.4 is 4.74 Å². The Morgan fingerprint density at radius 2 is 1.72 bits per heavy atom. The topological polar surface area (TPSA) is 44.8 Å². The summed E-state index contributed by atoms with van der Waals surface area (Å²) in [6, 6.07) is 15.5. The molecule has 0 amide bonds. The number of para-hydroxylation sites is 2. The van der Waals surface area contributed by atoms with Gasteiger partial charge in [-0.05, 0) is 25.5 Å². The van der Waals surface area contributed by atoms with Crippen molar-refractivity contribution in [2.75, 3.05) is 13.2 Å². The minimum atomic E-state index is -0.933. The fourth-order valence-corrected chi connectivity index (χ4v) is 3.71. The zero-order chi connectivity index (χ0) is 17.4. The third-order valence-corrected chi connectivity index (χ3v) is 4.90. The molecule has 2 aromatic rings. The van der Waals surface area contributed by atoms with Crippen LogP contribution in [0.3, 0.4) is 0 Å². The second kappa shape index (κ2) is 6.05. The van der Waals surface area contributed by atoms with Crippen molar-refractivity contribution < 1.29 is 19.0 Å². The first-order chi connectivity index (χ1) is 12.1. The highest BCUT2D eigenvalue weighted by Gasteiger charge is 2.52. The first-order valence-electron chi connectivity index (χ1n) is 8.46. The Morgan fingerprint density at radius 1 is 1.12 bits per heavy atom. The van der Waals surface area contributed by atoms with Gasteiger partial charge < -0.3 is 14.2 Å². The van der Waals surface area contributed by atoms with Crippen LogP contribution in [0.5, 0.6) is 11.5 Å². The van der Waals surface area contributed by atoms with Crippen LogP contribution >= 0.6 is 0 Å². The van der Waals surface area contributed by atoms with Gasteiger partial charge in [0.1, 0.15) is 11.5 Å². The zero-order valence-electron chi connectivity index (χ0n) is 14.2. The molecule has 2 heterocycles. The molecule has 4 heteroatoms. The van der Waals surface area contributed by atoms with Gasteiger partial charge in [-0.2, -0.15) is 0 Å². The predicted octanol–water partition coefficient (Wildman–Crippen LogP) is 4.19. The van der Waals surface area contributed by atoms with E-state index in [2.05, 4.69) is 6.58 Å². The molecule has 0 radical (unpaired) electrons. The molecule has 0 aliphatic carbocycles. The summed E-state index contributed by atoms with van der Waals surface area (Å²) in [7, 11) is 0. The predicted molar refractivity (Wildman–Crippen MR) is 93.6 cm³/mol. The fraction of sp³-hybridized carbons (Fsp3) is 0.286. The minimum absolute atomic E-state index is 0.0157. The van der Waals surface area contributed by atoms with Crippen molar-refractivity contribution in [1.82, 2.24) is 0 Å². The third kappa shape index (κ3) is 2.45. The Bertz CT molecular complexity index is 788. The van der Waals surface area contributed by atoms with E-state index in [1.165, 1.54) is 0 Å². The molecule has 0 spiro atoms. The molecule has 2 aliphatic rings. The van der Waals surface area contributed by atoms with E-state index in [0.717, 1.165) is 17.5 Å². The molecule has 0 N–H and O–H groups in total. The molecule has 1 atom stereocenters. The number of ether oxygens (including phenoxy) is 3. The molecule has 2 aromatic carbocycles. The van der Waals surface area contributed by atoms with Crippen molar-refractivity contribution in [3.63, 3.8) is 0 Å². The van der Waals surface area contributed by atoms with Crippen LogP contribution in [-0.4, -0.2) is 19.2 Å². The SMILES string of the molecule is C=C(C)C(=O)OC1(C2CCOC2)c2ccccc2Oc2ccccc21. The number of fused-ring (bicyclic) bond motifs is 2. The van der Waals surface area contributed by atoms with Gasteiger partial charge in [0.15, 0.2) is 5.60 Å². The summed E-state index contributed by atoms with van der Waals surface area (Å²) >= 11 is 0.